The molecule has 1 aliphatic heterocycles. The topological polar surface area (TPSA) is 88.7 Å². The van der Waals surface area contributed by atoms with E-state index in [2.05, 4.69) is 4.98 Å². The fraction of sp³-hybridized carbons (Fsp3) is 0.538. The third-order valence-corrected chi connectivity index (χ3v) is 3.10. The van der Waals surface area contributed by atoms with Gasteiger partial charge < -0.3 is 20.5 Å². The first-order valence-corrected chi connectivity index (χ1v) is 6.34. The molecule has 0 bridgehead atoms. The summed E-state index contributed by atoms with van der Waals surface area (Å²) in [5, 5.41) is 9.15. The number of hydrogen-bond acceptors (Lipinski definition) is 5. The lowest BCUT2D eigenvalue weighted by molar-refractivity contribution is -0.0859. The monoisotopic (exact) mass is 265 g/mol. The van der Waals surface area contributed by atoms with Crippen LogP contribution in [0.15, 0.2) is 18.3 Å². The number of carbonyl (C=O) groups excluding carboxylic acids is 1. The van der Waals surface area contributed by atoms with Crippen molar-refractivity contribution >= 4 is 5.91 Å². The van der Waals surface area contributed by atoms with Gasteiger partial charge in [-0.1, -0.05) is 6.07 Å². The van der Waals surface area contributed by atoms with Crippen LogP contribution in [-0.4, -0.2) is 52.8 Å². The maximum atomic E-state index is 12.3. The number of ether oxygens (including phenoxy) is 1. The van der Waals surface area contributed by atoms with E-state index in [0.29, 0.717) is 25.3 Å². The standard InChI is InChI=1S/C13H19N3O3/c1-9-6-16(7-11(8-17)19-9)13(18)12-3-2-10(4-14)5-15-12/h2-3,5,9,11,17H,4,6-8,14H2,1H3. The first kappa shape index (κ1) is 13.9. The fourth-order valence-electron chi connectivity index (χ4n) is 2.15. The van der Waals surface area contributed by atoms with Gasteiger partial charge in [0.05, 0.1) is 18.8 Å². The number of morpholine rings is 1. The van der Waals surface area contributed by atoms with Crippen molar-refractivity contribution < 1.29 is 14.6 Å². The Balaban J connectivity index is 2.09. The number of aliphatic hydroxyl groups excluding tert-OH is 1. The van der Waals surface area contributed by atoms with E-state index in [9.17, 15) is 4.79 Å². The fourth-order valence-corrected chi connectivity index (χ4v) is 2.15. The molecular weight excluding hydrogens is 246 g/mol. The average molecular weight is 265 g/mol. The summed E-state index contributed by atoms with van der Waals surface area (Å²) in [4.78, 5) is 18.1. The Hall–Kier alpha value is -1.50. The van der Waals surface area contributed by atoms with Gasteiger partial charge in [-0.15, -0.1) is 0 Å². The molecule has 0 aromatic carbocycles. The van der Waals surface area contributed by atoms with Crippen molar-refractivity contribution in [2.45, 2.75) is 25.7 Å². The summed E-state index contributed by atoms with van der Waals surface area (Å²) in [6.45, 7) is 3.10. The second kappa shape index (κ2) is 6.10. The molecule has 6 nitrogen and oxygen atoms in total. The third-order valence-electron chi connectivity index (χ3n) is 3.10. The summed E-state index contributed by atoms with van der Waals surface area (Å²) in [6.07, 6.45) is 1.20. The van der Waals surface area contributed by atoms with Crippen LogP contribution in [0.3, 0.4) is 0 Å². The van der Waals surface area contributed by atoms with Crippen LogP contribution in [0.25, 0.3) is 0 Å². The first-order chi connectivity index (χ1) is 9.13. The van der Waals surface area contributed by atoms with E-state index in [-0.39, 0.29) is 24.7 Å². The van der Waals surface area contributed by atoms with Crippen LogP contribution in [0.2, 0.25) is 0 Å². The van der Waals surface area contributed by atoms with Crippen LogP contribution in [0.1, 0.15) is 23.0 Å². The van der Waals surface area contributed by atoms with E-state index >= 15 is 0 Å². The van der Waals surface area contributed by atoms with Crippen LogP contribution in [0, 0.1) is 0 Å². The highest BCUT2D eigenvalue weighted by atomic mass is 16.5. The summed E-state index contributed by atoms with van der Waals surface area (Å²) in [5.74, 6) is -0.142. The zero-order valence-electron chi connectivity index (χ0n) is 11.0. The van der Waals surface area contributed by atoms with Crippen LogP contribution < -0.4 is 5.73 Å². The van der Waals surface area contributed by atoms with E-state index in [1.807, 2.05) is 6.92 Å². The number of nitrogens with two attached hydrogens (primary N) is 1. The van der Waals surface area contributed by atoms with E-state index in [0.717, 1.165) is 5.56 Å². The molecule has 2 unspecified atom stereocenters. The molecule has 1 aliphatic rings. The molecule has 19 heavy (non-hydrogen) atoms. The molecule has 1 fully saturated rings. The second-order valence-electron chi connectivity index (χ2n) is 4.72. The van der Waals surface area contributed by atoms with Gasteiger partial charge in [0.1, 0.15) is 5.69 Å². The summed E-state index contributed by atoms with van der Waals surface area (Å²) in [6, 6.07) is 3.48. The molecule has 2 heterocycles. The number of carbonyl (C=O) groups is 1. The first-order valence-electron chi connectivity index (χ1n) is 6.34. The van der Waals surface area contributed by atoms with Crippen LogP contribution in [0.5, 0.6) is 0 Å². The van der Waals surface area contributed by atoms with Gasteiger partial charge in [0.25, 0.3) is 5.91 Å². The zero-order chi connectivity index (χ0) is 13.8. The SMILES string of the molecule is CC1CN(C(=O)c2ccc(CN)cn2)CC(CO)O1. The Labute approximate surface area is 112 Å². The molecule has 1 aromatic heterocycles. The highest BCUT2D eigenvalue weighted by molar-refractivity contribution is 5.92. The van der Waals surface area contributed by atoms with Crippen molar-refractivity contribution in [2.75, 3.05) is 19.7 Å². The minimum absolute atomic E-state index is 0.0850. The third kappa shape index (κ3) is 3.28. The summed E-state index contributed by atoms with van der Waals surface area (Å²) in [7, 11) is 0. The molecule has 1 amide bonds. The van der Waals surface area contributed by atoms with Gasteiger partial charge in [0.15, 0.2) is 0 Å². The second-order valence-corrected chi connectivity index (χ2v) is 4.72. The molecule has 2 atom stereocenters. The van der Waals surface area contributed by atoms with Gasteiger partial charge in [0.2, 0.25) is 0 Å². The number of aromatic nitrogens is 1. The Morgan fingerprint density at radius 1 is 1.58 bits per heavy atom. The average Bonchev–Trinajstić information content (AvgIpc) is 2.46. The molecule has 0 saturated carbocycles. The molecule has 0 radical (unpaired) electrons. The van der Waals surface area contributed by atoms with Crippen molar-refractivity contribution in [3.8, 4) is 0 Å². The molecule has 3 N–H and O–H groups in total. The normalized spacial score (nSPS) is 23.4. The van der Waals surface area contributed by atoms with Crippen molar-refractivity contribution in [1.82, 2.24) is 9.88 Å². The molecule has 1 aromatic rings. The maximum absolute atomic E-state index is 12.3. The number of nitrogens with zero attached hydrogens (tertiary/aromatic N) is 2. The lowest BCUT2D eigenvalue weighted by Gasteiger charge is -2.35. The van der Waals surface area contributed by atoms with E-state index in [1.165, 1.54) is 0 Å². The highest BCUT2D eigenvalue weighted by Crippen LogP contribution is 2.13. The van der Waals surface area contributed by atoms with E-state index in [1.54, 1.807) is 23.2 Å². The number of hydrogen-bond donors (Lipinski definition) is 2. The molecule has 6 heteroatoms. The van der Waals surface area contributed by atoms with E-state index < -0.39 is 0 Å². The van der Waals surface area contributed by atoms with Gasteiger partial charge in [-0.25, -0.2) is 0 Å². The maximum Gasteiger partial charge on any atom is 0.272 e. The Kier molecular flexibility index (Phi) is 4.47. The zero-order valence-corrected chi connectivity index (χ0v) is 11.0. The predicted octanol–water partition coefficient (Wildman–Crippen LogP) is -0.238. The minimum atomic E-state index is -0.323. The number of rotatable bonds is 3. The molecule has 2 rings (SSSR count). The summed E-state index contributed by atoms with van der Waals surface area (Å²) < 4.78 is 5.51. The largest absolute Gasteiger partial charge is 0.394 e. The van der Waals surface area contributed by atoms with Gasteiger partial charge in [0, 0.05) is 25.8 Å². The molecule has 0 spiro atoms. The number of pyridine rings is 1. The number of amides is 1. The smallest absolute Gasteiger partial charge is 0.272 e. The van der Waals surface area contributed by atoms with Gasteiger partial charge in [-0.2, -0.15) is 0 Å². The van der Waals surface area contributed by atoms with Crippen LogP contribution in [0.4, 0.5) is 0 Å². The molecule has 0 aliphatic carbocycles. The number of aliphatic hydroxyl groups is 1. The van der Waals surface area contributed by atoms with Gasteiger partial charge in [-0.3, -0.25) is 9.78 Å². The van der Waals surface area contributed by atoms with Crippen molar-refractivity contribution in [2.24, 2.45) is 5.73 Å². The lowest BCUT2D eigenvalue weighted by Crippen LogP contribution is -2.50. The Morgan fingerprint density at radius 3 is 2.95 bits per heavy atom. The van der Waals surface area contributed by atoms with Gasteiger partial charge >= 0.3 is 0 Å². The summed E-state index contributed by atoms with van der Waals surface area (Å²) >= 11 is 0. The van der Waals surface area contributed by atoms with E-state index in [4.69, 9.17) is 15.6 Å². The predicted molar refractivity (Wildman–Crippen MR) is 69.5 cm³/mol. The molecule has 104 valence electrons. The minimum Gasteiger partial charge on any atom is -0.394 e. The van der Waals surface area contributed by atoms with Crippen LogP contribution >= 0.6 is 0 Å². The van der Waals surface area contributed by atoms with Crippen LogP contribution in [-0.2, 0) is 11.3 Å². The highest BCUT2D eigenvalue weighted by Gasteiger charge is 2.28. The molecule has 1 saturated heterocycles. The van der Waals surface area contributed by atoms with Crippen molar-refractivity contribution in [1.29, 1.82) is 0 Å². The quantitative estimate of drug-likeness (QED) is 0.787. The Bertz CT molecular complexity index is 435. The molecular formula is C13H19N3O3. The van der Waals surface area contributed by atoms with Crippen molar-refractivity contribution in [3.63, 3.8) is 0 Å². The lowest BCUT2D eigenvalue weighted by atomic mass is 10.2. The van der Waals surface area contributed by atoms with Gasteiger partial charge in [-0.05, 0) is 18.6 Å². The van der Waals surface area contributed by atoms with Crippen molar-refractivity contribution in [3.05, 3.63) is 29.6 Å². The Morgan fingerprint density at radius 2 is 2.37 bits per heavy atom. The summed E-state index contributed by atoms with van der Waals surface area (Å²) in [5.41, 5.74) is 6.77.